The molecule has 1 aromatic carbocycles. The number of pyridine rings is 1. The Morgan fingerprint density at radius 3 is 2.75 bits per heavy atom. The van der Waals surface area contributed by atoms with E-state index in [1.165, 1.54) is 18.2 Å². The quantitative estimate of drug-likeness (QED) is 0.686. The molecule has 0 atom stereocenters. The normalized spacial score (nSPS) is 10.2. The third-order valence-electron chi connectivity index (χ3n) is 2.34. The van der Waals surface area contributed by atoms with Gasteiger partial charge in [-0.05, 0) is 24.3 Å². The lowest BCUT2D eigenvalue weighted by Crippen LogP contribution is -2.02. The van der Waals surface area contributed by atoms with Crippen molar-refractivity contribution in [3.63, 3.8) is 0 Å². The topological polar surface area (TPSA) is 93.3 Å². The predicted octanol–water partition coefficient (Wildman–Crippen LogP) is 3.49. The molecule has 102 valence electrons. The van der Waals surface area contributed by atoms with E-state index in [0.29, 0.717) is 14.9 Å². The molecule has 8 heteroatoms. The van der Waals surface area contributed by atoms with E-state index in [4.69, 9.17) is 16.7 Å². The van der Waals surface area contributed by atoms with Crippen molar-refractivity contribution in [2.45, 2.75) is 9.92 Å². The third kappa shape index (κ3) is 3.06. The van der Waals surface area contributed by atoms with Crippen LogP contribution >= 0.6 is 23.4 Å². The summed E-state index contributed by atoms with van der Waals surface area (Å²) in [5.74, 6) is -1.34. The zero-order valence-electron chi connectivity index (χ0n) is 9.82. The molecule has 1 N–H and O–H groups in total. The van der Waals surface area contributed by atoms with Crippen molar-refractivity contribution in [2.75, 3.05) is 0 Å². The lowest BCUT2D eigenvalue weighted by atomic mass is 10.2. The molecule has 0 radical (unpaired) electrons. The van der Waals surface area contributed by atoms with E-state index in [1.807, 2.05) is 0 Å². The number of nitrogens with zero attached hydrogens (tertiary/aromatic N) is 2. The zero-order chi connectivity index (χ0) is 14.7. The van der Waals surface area contributed by atoms with Gasteiger partial charge in [-0.25, -0.2) is 9.78 Å². The minimum atomic E-state index is -1.34. The van der Waals surface area contributed by atoms with Crippen molar-refractivity contribution in [3.05, 3.63) is 57.2 Å². The van der Waals surface area contributed by atoms with Crippen LogP contribution < -0.4 is 0 Å². The molecule has 0 amide bonds. The number of carbonyl (C=O) groups is 1. The van der Waals surface area contributed by atoms with Gasteiger partial charge >= 0.3 is 5.97 Å². The summed E-state index contributed by atoms with van der Waals surface area (Å²) in [5, 5.41) is 20.7. The van der Waals surface area contributed by atoms with Crippen molar-refractivity contribution in [1.82, 2.24) is 4.98 Å². The fraction of sp³-hybridized carbons (Fsp3) is 0. The van der Waals surface area contributed by atoms with E-state index in [2.05, 4.69) is 4.98 Å². The Balaban J connectivity index is 2.40. The molecule has 20 heavy (non-hydrogen) atoms. The number of benzene rings is 1. The molecule has 0 saturated heterocycles. The van der Waals surface area contributed by atoms with Crippen LogP contribution in [0.3, 0.4) is 0 Å². The fourth-order valence-electron chi connectivity index (χ4n) is 1.46. The van der Waals surface area contributed by atoms with Gasteiger partial charge < -0.3 is 5.11 Å². The fourth-order valence-corrected chi connectivity index (χ4v) is 2.51. The van der Waals surface area contributed by atoms with Gasteiger partial charge in [0.25, 0.3) is 5.69 Å². The van der Waals surface area contributed by atoms with Crippen LogP contribution in [-0.2, 0) is 0 Å². The van der Waals surface area contributed by atoms with Gasteiger partial charge in [0, 0.05) is 17.2 Å². The molecule has 1 heterocycles. The van der Waals surface area contributed by atoms with Crippen LogP contribution in [0.2, 0.25) is 5.02 Å². The Labute approximate surface area is 122 Å². The van der Waals surface area contributed by atoms with Crippen molar-refractivity contribution in [2.24, 2.45) is 0 Å². The smallest absolute Gasteiger partial charge is 0.342 e. The second-order valence-electron chi connectivity index (χ2n) is 3.63. The van der Waals surface area contributed by atoms with Crippen molar-refractivity contribution in [1.29, 1.82) is 0 Å². The molecule has 1 aromatic heterocycles. The number of carboxylic acids is 1. The van der Waals surface area contributed by atoms with E-state index < -0.39 is 16.6 Å². The van der Waals surface area contributed by atoms with Crippen LogP contribution in [0.5, 0.6) is 0 Å². The van der Waals surface area contributed by atoms with E-state index in [1.54, 1.807) is 18.3 Å². The highest BCUT2D eigenvalue weighted by atomic mass is 35.5. The molecule has 0 unspecified atom stereocenters. The number of rotatable bonds is 4. The molecule has 0 aliphatic heterocycles. The number of aromatic carboxylic acids is 1. The van der Waals surface area contributed by atoms with E-state index >= 15 is 0 Å². The van der Waals surface area contributed by atoms with E-state index in [0.717, 1.165) is 11.8 Å². The van der Waals surface area contributed by atoms with Crippen LogP contribution in [0.15, 0.2) is 46.5 Å². The number of hydrogen-bond acceptors (Lipinski definition) is 5. The minimum Gasteiger partial charge on any atom is -0.477 e. The minimum absolute atomic E-state index is 0.355. The lowest BCUT2D eigenvalue weighted by Gasteiger charge is -2.04. The van der Waals surface area contributed by atoms with Gasteiger partial charge in [-0.15, -0.1) is 0 Å². The molecule has 0 spiro atoms. The highest BCUT2D eigenvalue weighted by Crippen LogP contribution is 2.34. The Bertz CT molecular complexity index is 693. The summed E-state index contributed by atoms with van der Waals surface area (Å²) in [6.45, 7) is 0. The first kappa shape index (κ1) is 14.3. The van der Waals surface area contributed by atoms with E-state index in [9.17, 15) is 14.9 Å². The average Bonchev–Trinajstić information content (AvgIpc) is 2.41. The Morgan fingerprint density at radius 2 is 2.15 bits per heavy atom. The van der Waals surface area contributed by atoms with Gasteiger partial charge in [-0.3, -0.25) is 10.1 Å². The summed E-state index contributed by atoms with van der Waals surface area (Å²) < 4.78 is 0. The summed E-state index contributed by atoms with van der Waals surface area (Å²) in [7, 11) is 0. The average molecular weight is 311 g/mol. The highest BCUT2D eigenvalue weighted by molar-refractivity contribution is 7.99. The molecule has 0 bridgehead atoms. The van der Waals surface area contributed by atoms with Crippen LogP contribution in [0.4, 0.5) is 5.69 Å². The molecule has 2 aromatic rings. The summed E-state index contributed by atoms with van der Waals surface area (Å²) in [6.07, 6.45) is 1.55. The molecule has 0 saturated carbocycles. The van der Waals surface area contributed by atoms with Crippen LogP contribution in [0, 0.1) is 10.1 Å². The van der Waals surface area contributed by atoms with Gasteiger partial charge in [-0.2, -0.15) is 0 Å². The second-order valence-corrected chi connectivity index (χ2v) is 5.10. The number of halogens is 1. The first-order chi connectivity index (χ1) is 9.49. The Kier molecular flexibility index (Phi) is 4.21. The maximum Gasteiger partial charge on any atom is 0.342 e. The van der Waals surface area contributed by atoms with Crippen molar-refractivity contribution in [3.8, 4) is 0 Å². The zero-order valence-corrected chi connectivity index (χ0v) is 11.4. The molecule has 0 fully saturated rings. The molecule has 2 rings (SSSR count). The van der Waals surface area contributed by atoms with Gasteiger partial charge in [0.1, 0.15) is 10.6 Å². The lowest BCUT2D eigenvalue weighted by molar-refractivity contribution is -0.385. The Hall–Kier alpha value is -2.12. The monoisotopic (exact) mass is 310 g/mol. The standard InChI is InChI=1S/C12H7ClN2O4S/c13-9-2-1-5-14-11(9)20-7-3-4-8(12(16)17)10(6-7)15(18)19/h1-6H,(H,16,17). The molecule has 0 aliphatic carbocycles. The van der Waals surface area contributed by atoms with E-state index in [-0.39, 0.29) is 5.56 Å². The first-order valence-corrected chi connectivity index (χ1v) is 6.48. The van der Waals surface area contributed by atoms with Crippen molar-refractivity contribution < 1.29 is 14.8 Å². The SMILES string of the molecule is O=C(O)c1ccc(Sc2ncccc2Cl)cc1[N+](=O)[O-]. The summed E-state index contributed by atoms with van der Waals surface area (Å²) >= 11 is 7.07. The number of hydrogen-bond donors (Lipinski definition) is 1. The number of nitro groups is 1. The largest absolute Gasteiger partial charge is 0.477 e. The van der Waals surface area contributed by atoms with Crippen molar-refractivity contribution >= 4 is 35.0 Å². The summed E-state index contributed by atoms with van der Waals surface area (Å²) in [6, 6.07) is 7.18. The van der Waals surface area contributed by atoms with Crippen LogP contribution in [-0.4, -0.2) is 21.0 Å². The molecule has 0 aliphatic rings. The molecule has 6 nitrogen and oxygen atoms in total. The highest BCUT2D eigenvalue weighted by Gasteiger charge is 2.20. The molecular formula is C12H7ClN2O4S. The number of aromatic nitrogens is 1. The molecular weight excluding hydrogens is 304 g/mol. The maximum atomic E-state index is 10.9. The van der Waals surface area contributed by atoms with Crippen LogP contribution in [0.25, 0.3) is 0 Å². The summed E-state index contributed by atoms with van der Waals surface area (Å²) in [5.41, 5.74) is -0.818. The van der Waals surface area contributed by atoms with Gasteiger partial charge in [-0.1, -0.05) is 23.4 Å². The number of nitro benzene ring substituents is 1. The van der Waals surface area contributed by atoms with Crippen LogP contribution in [0.1, 0.15) is 10.4 Å². The predicted molar refractivity (Wildman–Crippen MR) is 73.4 cm³/mol. The van der Waals surface area contributed by atoms with Gasteiger partial charge in [0.05, 0.1) is 9.95 Å². The van der Waals surface area contributed by atoms with Gasteiger partial charge in [0.2, 0.25) is 0 Å². The maximum absolute atomic E-state index is 10.9. The number of carboxylic acid groups (broad SMARTS) is 1. The first-order valence-electron chi connectivity index (χ1n) is 5.29. The Morgan fingerprint density at radius 1 is 1.40 bits per heavy atom. The third-order valence-corrected chi connectivity index (χ3v) is 3.76. The van der Waals surface area contributed by atoms with Gasteiger partial charge in [0.15, 0.2) is 0 Å². The summed E-state index contributed by atoms with van der Waals surface area (Å²) in [4.78, 5) is 25.6. The second kappa shape index (κ2) is 5.89.